The molecule has 3 aromatic heterocycles. The molecular weight excluding hydrogens is 342 g/mol. The van der Waals surface area contributed by atoms with Crippen LogP contribution in [0.1, 0.15) is 16.2 Å². The van der Waals surface area contributed by atoms with E-state index in [9.17, 15) is 4.79 Å². The van der Waals surface area contributed by atoms with Gasteiger partial charge in [-0.2, -0.15) is 4.52 Å². The van der Waals surface area contributed by atoms with E-state index in [0.717, 1.165) is 41.3 Å². The topological polar surface area (TPSA) is 82.4 Å². The fourth-order valence-corrected chi connectivity index (χ4v) is 3.49. The Morgan fingerprint density at radius 1 is 1.19 bits per heavy atom. The Hall–Kier alpha value is -3.42. The van der Waals surface area contributed by atoms with Crippen molar-refractivity contribution in [2.75, 3.05) is 25.0 Å². The van der Waals surface area contributed by atoms with Gasteiger partial charge in [0.2, 0.25) is 0 Å². The SMILES string of the molecule is Cc1nnc2ccc(N3CC(N(C)C(=O)c4ccc5cc[nH]c5c4)C3)nn12. The molecule has 0 aliphatic carbocycles. The van der Waals surface area contributed by atoms with E-state index in [4.69, 9.17) is 0 Å². The van der Waals surface area contributed by atoms with Crippen molar-refractivity contribution in [3.63, 3.8) is 0 Å². The first kappa shape index (κ1) is 15.8. The van der Waals surface area contributed by atoms with E-state index in [2.05, 4.69) is 25.2 Å². The van der Waals surface area contributed by atoms with Gasteiger partial charge in [0.25, 0.3) is 5.91 Å². The molecule has 1 saturated heterocycles. The third kappa shape index (κ3) is 2.52. The number of aromatic nitrogens is 5. The van der Waals surface area contributed by atoms with Crippen LogP contribution in [-0.2, 0) is 0 Å². The second kappa shape index (κ2) is 5.80. The van der Waals surface area contributed by atoms with Crippen molar-refractivity contribution in [3.05, 3.63) is 54.0 Å². The smallest absolute Gasteiger partial charge is 0.254 e. The second-order valence-corrected chi connectivity index (χ2v) is 6.96. The van der Waals surface area contributed by atoms with Crippen LogP contribution in [0.5, 0.6) is 0 Å². The molecule has 1 aromatic carbocycles. The highest BCUT2D eigenvalue weighted by molar-refractivity contribution is 5.98. The molecule has 8 heteroatoms. The number of amides is 1. The average Bonchev–Trinajstić information content (AvgIpc) is 3.26. The second-order valence-electron chi connectivity index (χ2n) is 6.96. The first-order valence-electron chi connectivity index (χ1n) is 8.88. The number of carbonyl (C=O) groups excluding carboxylic acids is 1. The lowest BCUT2D eigenvalue weighted by Gasteiger charge is -2.44. The summed E-state index contributed by atoms with van der Waals surface area (Å²) < 4.78 is 1.74. The average molecular weight is 361 g/mol. The number of H-pyrrole nitrogens is 1. The maximum atomic E-state index is 12.8. The predicted molar refractivity (Wildman–Crippen MR) is 102 cm³/mol. The third-order valence-electron chi connectivity index (χ3n) is 5.26. The lowest BCUT2D eigenvalue weighted by molar-refractivity contribution is 0.0705. The standard InChI is InChI=1S/C19H19N7O/c1-12-21-22-17-5-6-18(23-26(12)17)25-10-15(11-25)24(2)19(27)14-4-3-13-7-8-20-16(13)9-14/h3-9,15,20H,10-11H2,1-2H3. The minimum absolute atomic E-state index is 0.0363. The maximum Gasteiger partial charge on any atom is 0.254 e. The number of anilines is 1. The van der Waals surface area contributed by atoms with Crippen molar-refractivity contribution < 1.29 is 4.79 Å². The molecular formula is C19H19N7O. The van der Waals surface area contributed by atoms with Crippen LogP contribution in [0.2, 0.25) is 0 Å². The van der Waals surface area contributed by atoms with E-state index < -0.39 is 0 Å². The number of carbonyl (C=O) groups is 1. The van der Waals surface area contributed by atoms with Crippen LogP contribution in [0.25, 0.3) is 16.6 Å². The number of benzene rings is 1. The van der Waals surface area contributed by atoms with Crippen LogP contribution < -0.4 is 4.90 Å². The quantitative estimate of drug-likeness (QED) is 0.602. The molecule has 0 atom stereocenters. The van der Waals surface area contributed by atoms with Crippen molar-refractivity contribution in [2.45, 2.75) is 13.0 Å². The van der Waals surface area contributed by atoms with E-state index >= 15 is 0 Å². The van der Waals surface area contributed by atoms with Crippen molar-refractivity contribution in [1.29, 1.82) is 0 Å². The summed E-state index contributed by atoms with van der Waals surface area (Å²) >= 11 is 0. The van der Waals surface area contributed by atoms with Crippen LogP contribution in [0.4, 0.5) is 5.82 Å². The molecule has 4 aromatic rings. The Labute approximate surface area is 155 Å². The molecule has 0 radical (unpaired) electrons. The summed E-state index contributed by atoms with van der Waals surface area (Å²) in [6, 6.07) is 11.8. The van der Waals surface area contributed by atoms with Gasteiger partial charge in [-0.25, -0.2) is 0 Å². The van der Waals surface area contributed by atoms with Crippen molar-refractivity contribution in [1.82, 2.24) is 29.7 Å². The van der Waals surface area contributed by atoms with Gasteiger partial charge < -0.3 is 14.8 Å². The molecule has 0 spiro atoms. The number of aromatic amines is 1. The minimum Gasteiger partial charge on any atom is -0.361 e. The number of likely N-dealkylation sites (N-methyl/N-ethyl adjacent to an activating group) is 1. The van der Waals surface area contributed by atoms with E-state index in [0.29, 0.717) is 5.56 Å². The monoisotopic (exact) mass is 361 g/mol. The van der Waals surface area contributed by atoms with Crippen LogP contribution in [-0.4, -0.2) is 61.8 Å². The Balaban J connectivity index is 1.30. The zero-order valence-electron chi connectivity index (χ0n) is 15.1. The van der Waals surface area contributed by atoms with Crippen LogP contribution >= 0.6 is 0 Å². The van der Waals surface area contributed by atoms with Gasteiger partial charge >= 0.3 is 0 Å². The summed E-state index contributed by atoms with van der Waals surface area (Å²) in [6.07, 6.45) is 1.88. The molecule has 8 nitrogen and oxygen atoms in total. The lowest BCUT2D eigenvalue weighted by atomic mass is 10.1. The number of fused-ring (bicyclic) bond motifs is 2. The molecule has 4 heterocycles. The van der Waals surface area contributed by atoms with Gasteiger partial charge in [-0.05, 0) is 42.6 Å². The zero-order valence-corrected chi connectivity index (χ0v) is 15.1. The van der Waals surface area contributed by atoms with E-state index in [1.54, 1.807) is 4.52 Å². The molecule has 0 saturated carbocycles. The van der Waals surface area contributed by atoms with Crippen LogP contribution in [0.3, 0.4) is 0 Å². The zero-order chi connectivity index (χ0) is 18.5. The van der Waals surface area contributed by atoms with Gasteiger partial charge in [0, 0.05) is 37.4 Å². The molecule has 1 fully saturated rings. The minimum atomic E-state index is 0.0363. The molecule has 5 rings (SSSR count). The Morgan fingerprint density at radius 3 is 2.89 bits per heavy atom. The Morgan fingerprint density at radius 2 is 2.04 bits per heavy atom. The van der Waals surface area contributed by atoms with Crippen molar-refractivity contribution in [2.24, 2.45) is 0 Å². The first-order valence-corrected chi connectivity index (χ1v) is 8.88. The number of rotatable bonds is 3. The number of nitrogens with one attached hydrogen (secondary N) is 1. The van der Waals surface area contributed by atoms with Gasteiger partial charge in [0.15, 0.2) is 11.5 Å². The summed E-state index contributed by atoms with van der Waals surface area (Å²) in [5.41, 5.74) is 2.41. The predicted octanol–water partition coefficient (Wildman–Crippen LogP) is 1.87. The number of nitrogens with zero attached hydrogens (tertiary/aromatic N) is 6. The fourth-order valence-electron chi connectivity index (χ4n) is 3.49. The van der Waals surface area contributed by atoms with Gasteiger partial charge in [-0.15, -0.1) is 15.3 Å². The van der Waals surface area contributed by atoms with E-state index in [1.165, 1.54) is 0 Å². The number of hydrogen-bond donors (Lipinski definition) is 1. The lowest BCUT2D eigenvalue weighted by Crippen LogP contribution is -2.60. The maximum absolute atomic E-state index is 12.8. The van der Waals surface area contributed by atoms with Crippen molar-refractivity contribution in [3.8, 4) is 0 Å². The largest absolute Gasteiger partial charge is 0.361 e. The van der Waals surface area contributed by atoms with Gasteiger partial charge in [-0.1, -0.05) is 6.07 Å². The van der Waals surface area contributed by atoms with Gasteiger partial charge in [0.1, 0.15) is 5.82 Å². The highest BCUT2D eigenvalue weighted by Gasteiger charge is 2.34. The van der Waals surface area contributed by atoms with Crippen LogP contribution in [0, 0.1) is 6.92 Å². The molecule has 136 valence electrons. The van der Waals surface area contributed by atoms with Gasteiger partial charge in [0.05, 0.1) is 6.04 Å². The highest BCUT2D eigenvalue weighted by atomic mass is 16.2. The molecule has 1 N–H and O–H groups in total. The van der Waals surface area contributed by atoms with E-state index in [1.807, 2.05) is 61.5 Å². The summed E-state index contributed by atoms with van der Waals surface area (Å²) in [5.74, 6) is 1.67. The number of aryl methyl sites for hydroxylation is 1. The highest BCUT2D eigenvalue weighted by Crippen LogP contribution is 2.23. The Bertz CT molecular complexity index is 1160. The fraction of sp³-hybridized carbons (Fsp3) is 0.263. The molecule has 0 unspecified atom stereocenters. The van der Waals surface area contributed by atoms with Crippen LogP contribution in [0.15, 0.2) is 42.6 Å². The summed E-state index contributed by atoms with van der Waals surface area (Å²) in [4.78, 5) is 20.0. The van der Waals surface area contributed by atoms with Crippen molar-refractivity contribution >= 4 is 28.3 Å². The normalized spacial score (nSPS) is 14.7. The first-order chi connectivity index (χ1) is 13.1. The van der Waals surface area contributed by atoms with Gasteiger partial charge in [-0.3, -0.25) is 4.79 Å². The molecule has 27 heavy (non-hydrogen) atoms. The summed E-state index contributed by atoms with van der Waals surface area (Å²) in [7, 11) is 1.86. The molecule has 1 aliphatic rings. The third-order valence-corrected chi connectivity index (χ3v) is 5.26. The number of hydrogen-bond acceptors (Lipinski definition) is 5. The Kier molecular flexibility index (Phi) is 3.40. The molecule has 1 aliphatic heterocycles. The summed E-state index contributed by atoms with van der Waals surface area (Å²) in [5, 5.41) is 13.8. The molecule has 1 amide bonds. The molecule has 0 bridgehead atoms. The van der Waals surface area contributed by atoms with E-state index in [-0.39, 0.29) is 11.9 Å². The summed E-state index contributed by atoms with van der Waals surface area (Å²) in [6.45, 7) is 3.39.